The molecule has 4 N–H and O–H groups in total. The first kappa shape index (κ1) is 11.4. The number of oxime groups is 1. The van der Waals surface area contributed by atoms with Gasteiger partial charge in [-0.25, -0.2) is 0 Å². The molecule has 2 rings (SSSR count). The highest BCUT2D eigenvalue weighted by Crippen LogP contribution is 2.32. The first-order valence-corrected chi connectivity index (χ1v) is 5.39. The van der Waals surface area contributed by atoms with Crippen LogP contribution in [0, 0.1) is 0 Å². The number of nitrogens with two attached hydrogens (primary N) is 1. The van der Waals surface area contributed by atoms with Crippen LogP contribution in [-0.4, -0.2) is 30.8 Å². The molecule has 0 bridgehead atoms. The Hall–Kier alpha value is -2.11. The lowest BCUT2D eigenvalue weighted by Crippen LogP contribution is -2.17. The summed E-state index contributed by atoms with van der Waals surface area (Å²) in [5.41, 5.74) is 6.28. The fourth-order valence-electron chi connectivity index (χ4n) is 1.54. The first-order valence-electron chi connectivity index (χ1n) is 5.39. The van der Waals surface area contributed by atoms with Gasteiger partial charge in [-0.1, -0.05) is 5.16 Å². The molecule has 0 spiro atoms. The third-order valence-electron chi connectivity index (χ3n) is 2.38. The number of nitrogens with zero attached hydrogens (tertiary/aromatic N) is 1. The molecule has 1 aliphatic rings. The number of hydrogen-bond acceptors (Lipinski definition) is 5. The monoisotopic (exact) mass is 237 g/mol. The van der Waals surface area contributed by atoms with E-state index < -0.39 is 0 Å². The number of nitrogens with one attached hydrogen (secondary N) is 1. The lowest BCUT2D eigenvalue weighted by Gasteiger charge is -2.19. The van der Waals surface area contributed by atoms with E-state index in [-0.39, 0.29) is 5.84 Å². The number of amidine groups is 1. The average Bonchev–Trinajstić information content (AvgIpc) is 2.38. The zero-order valence-corrected chi connectivity index (χ0v) is 9.35. The van der Waals surface area contributed by atoms with Gasteiger partial charge in [0.2, 0.25) is 0 Å². The number of hydrogen-bond donors (Lipinski definition) is 3. The average molecular weight is 237 g/mol. The van der Waals surface area contributed by atoms with Gasteiger partial charge in [-0.2, -0.15) is 0 Å². The van der Waals surface area contributed by atoms with Crippen molar-refractivity contribution in [1.82, 2.24) is 0 Å². The minimum Gasteiger partial charge on any atom is -0.486 e. The van der Waals surface area contributed by atoms with Crippen molar-refractivity contribution in [2.75, 3.05) is 25.1 Å². The molecule has 1 aromatic rings. The third-order valence-corrected chi connectivity index (χ3v) is 2.38. The molecule has 1 aliphatic heterocycles. The molecule has 0 unspecified atom stereocenters. The van der Waals surface area contributed by atoms with Crippen LogP contribution >= 0.6 is 0 Å². The van der Waals surface area contributed by atoms with Gasteiger partial charge in [-0.15, -0.1) is 0 Å². The zero-order chi connectivity index (χ0) is 12.1. The number of rotatable bonds is 4. The van der Waals surface area contributed by atoms with E-state index in [1.807, 2.05) is 18.2 Å². The Morgan fingerprint density at radius 2 is 2.12 bits per heavy atom. The van der Waals surface area contributed by atoms with Gasteiger partial charge in [0.25, 0.3) is 0 Å². The van der Waals surface area contributed by atoms with Gasteiger partial charge < -0.3 is 25.7 Å². The Kier molecular flexibility index (Phi) is 3.54. The molecule has 0 amide bonds. The van der Waals surface area contributed by atoms with Crippen LogP contribution in [0.5, 0.6) is 11.5 Å². The van der Waals surface area contributed by atoms with Crippen LogP contribution in [0.2, 0.25) is 0 Å². The number of ether oxygens (including phenoxy) is 2. The molecule has 92 valence electrons. The minimum absolute atomic E-state index is 0.204. The van der Waals surface area contributed by atoms with E-state index >= 15 is 0 Å². The van der Waals surface area contributed by atoms with Crippen molar-refractivity contribution in [2.45, 2.75) is 6.42 Å². The predicted octanol–water partition coefficient (Wildman–Crippen LogP) is 1.01. The fraction of sp³-hybridized carbons (Fsp3) is 0.364. The molecule has 0 aliphatic carbocycles. The summed E-state index contributed by atoms with van der Waals surface area (Å²) >= 11 is 0. The molecule has 6 heteroatoms. The maximum absolute atomic E-state index is 8.39. The van der Waals surface area contributed by atoms with E-state index in [4.69, 9.17) is 20.4 Å². The molecular formula is C11H15N3O3. The van der Waals surface area contributed by atoms with E-state index in [0.29, 0.717) is 26.2 Å². The summed E-state index contributed by atoms with van der Waals surface area (Å²) in [5.74, 6) is 1.71. The lowest BCUT2D eigenvalue weighted by atomic mass is 10.2. The molecule has 0 atom stereocenters. The lowest BCUT2D eigenvalue weighted by molar-refractivity contribution is 0.171. The molecule has 0 aromatic heterocycles. The fourth-order valence-corrected chi connectivity index (χ4v) is 1.54. The quantitative estimate of drug-likeness (QED) is 0.315. The van der Waals surface area contributed by atoms with Crippen LogP contribution < -0.4 is 20.5 Å². The van der Waals surface area contributed by atoms with Gasteiger partial charge in [0.05, 0.1) is 0 Å². The van der Waals surface area contributed by atoms with Crippen molar-refractivity contribution < 1.29 is 14.7 Å². The molecular weight excluding hydrogens is 222 g/mol. The summed E-state index contributed by atoms with van der Waals surface area (Å²) in [4.78, 5) is 0. The molecule has 1 aromatic carbocycles. The van der Waals surface area contributed by atoms with Crippen molar-refractivity contribution in [3.8, 4) is 11.5 Å². The number of anilines is 1. The van der Waals surface area contributed by atoms with Crippen LogP contribution in [0.15, 0.2) is 23.4 Å². The van der Waals surface area contributed by atoms with Crippen LogP contribution in [0.4, 0.5) is 5.69 Å². The highest BCUT2D eigenvalue weighted by Gasteiger charge is 2.11. The molecule has 0 saturated heterocycles. The number of fused-ring (bicyclic) bond motifs is 1. The van der Waals surface area contributed by atoms with E-state index in [1.165, 1.54) is 0 Å². The maximum atomic E-state index is 8.39. The van der Waals surface area contributed by atoms with Gasteiger partial charge in [0, 0.05) is 24.7 Å². The summed E-state index contributed by atoms with van der Waals surface area (Å²) in [6.07, 6.45) is 0.477. The van der Waals surface area contributed by atoms with E-state index in [2.05, 4.69) is 10.5 Å². The molecule has 0 saturated carbocycles. The Morgan fingerprint density at radius 1 is 1.35 bits per heavy atom. The summed E-state index contributed by atoms with van der Waals surface area (Å²) in [7, 11) is 0. The topological polar surface area (TPSA) is 89.1 Å². The minimum atomic E-state index is 0.204. The highest BCUT2D eigenvalue weighted by molar-refractivity contribution is 5.80. The van der Waals surface area contributed by atoms with Crippen molar-refractivity contribution in [3.05, 3.63) is 18.2 Å². The van der Waals surface area contributed by atoms with Crippen molar-refractivity contribution >= 4 is 11.5 Å². The first-order chi connectivity index (χ1) is 8.29. The van der Waals surface area contributed by atoms with Crippen LogP contribution in [0.3, 0.4) is 0 Å². The maximum Gasteiger partial charge on any atom is 0.163 e. The van der Waals surface area contributed by atoms with Gasteiger partial charge in [-0.3, -0.25) is 0 Å². The standard InChI is InChI=1S/C11H15N3O3/c12-11(14-15)3-4-13-8-1-2-9-10(7-8)17-6-5-16-9/h1-2,7,13,15H,3-6H2,(H2,12,14). The highest BCUT2D eigenvalue weighted by atomic mass is 16.6. The molecule has 1 heterocycles. The zero-order valence-electron chi connectivity index (χ0n) is 9.35. The Balaban J connectivity index is 1.93. The second-order valence-corrected chi connectivity index (χ2v) is 3.63. The van der Waals surface area contributed by atoms with Gasteiger partial charge in [-0.05, 0) is 12.1 Å². The Labute approximate surface area is 99.0 Å². The van der Waals surface area contributed by atoms with Crippen LogP contribution in [0.1, 0.15) is 6.42 Å². The van der Waals surface area contributed by atoms with E-state index in [9.17, 15) is 0 Å². The van der Waals surface area contributed by atoms with Crippen molar-refractivity contribution in [1.29, 1.82) is 0 Å². The largest absolute Gasteiger partial charge is 0.486 e. The molecule has 0 fully saturated rings. The molecule has 0 radical (unpaired) electrons. The second kappa shape index (κ2) is 5.29. The third kappa shape index (κ3) is 2.93. The summed E-state index contributed by atoms with van der Waals surface area (Å²) < 4.78 is 10.9. The van der Waals surface area contributed by atoms with E-state index in [0.717, 1.165) is 17.2 Å². The van der Waals surface area contributed by atoms with Crippen LogP contribution in [0.25, 0.3) is 0 Å². The predicted molar refractivity (Wildman–Crippen MR) is 63.9 cm³/mol. The molecule has 17 heavy (non-hydrogen) atoms. The van der Waals surface area contributed by atoms with E-state index in [1.54, 1.807) is 0 Å². The summed E-state index contributed by atoms with van der Waals surface area (Å²) in [5, 5.41) is 14.4. The van der Waals surface area contributed by atoms with Crippen molar-refractivity contribution in [2.24, 2.45) is 10.9 Å². The van der Waals surface area contributed by atoms with Crippen LogP contribution in [-0.2, 0) is 0 Å². The number of benzene rings is 1. The van der Waals surface area contributed by atoms with Crippen molar-refractivity contribution in [3.63, 3.8) is 0 Å². The van der Waals surface area contributed by atoms with Gasteiger partial charge in [0.1, 0.15) is 19.0 Å². The molecule has 6 nitrogen and oxygen atoms in total. The second-order valence-electron chi connectivity index (χ2n) is 3.63. The summed E-state index contributed by atoms with van der Waals surface area (Å²) in [6, 6.07) is 5.64. The SMILES string of the molecule is N/C(CCNc1ccc2c(c1)OCCO2)=N\O. The summed E-state index contributed by atoms with van der Waals surface area (Å²) in [6.45, 7) is 1.75. The Morgan fingerprint density at radius 3 is 2.88 bits per heavy atom. The Bertz CT molecular complexity index is 420. The van der Waals surface area contributed by atoms with Gasteiger partial charge >= 0.3 is 0 Å². The normalized spacial score (nSPS) is 14.5. The van der Waals surface area contributed by atoms with Gasteiger partial charge in [0.15, 0.2) is 11.5 Å². The smallest absolute Gasteiger partial charge is 0.163 e.